The van der Waals surface area contributed by atoms with E-state index in [1.54, 1.807) is 24.3 Å². The van der Waals surface area contributed by atoms with Crippen molar-refractivity contribution in [2.45, 2.75) is 26.2 Å². The average Bonchev–Trinajstić information content (AvgIpc) is 2.45. The number of ketones is 1. The van der Waals surface area contributed by atoms with Gasteiger partial charge in [-0.05, 0) is 35.2 Å². The monoisotopic (exact) mass is 286 g/mol. The minimum Gasteiger partial charge on any atom is -0.496 e. The van der Waals surface area contributed by atoms with Crippen LogP contribution in [0.4, 0.5) is 4.39 Å². The van der Waals surface area contributed by atoms with Crippen molar-refractivity contribution < 1.29 is 13.9 Å². The Kier molecular flexibility index (Phi) is 4.12. The molecule has 0 bridgehead atoms. The van der Waals surface area contributed by atoms with Crippen molar-refractivity contribution in [1.29, 1.82) is 0 Å². The van der Waals surface area contributed by atoms with Crippen LogP contribution in [-0.4, -0.2) is 12.9 Å². The summed E-state index contributed by atoms with van der Waals surface area (Å²) < 4.78 is 19.1. The van der Waals surface area contributed by atoms with Gasteiger partial charge in [0, 0.05) is 0 Å². The summed E-state index contributed by atoms with van der Waals surface area (Å²) in [6.07, 6.45) is 0. The lowest BCUT2D eigenvalue weighted by molar-refractivity contribution is 0.103. The Morgan fingerprint density at radius 2 is 1.71 bits per heavy atom. The SMILES string of the molecule is COc1ccc(C(C)(C)C)cc1C(=O)c1ccccc1F. The lowest BCUT2D eigenvalue weighted by Crippen LogP contribution is -2.14. The second kappa shape index (κ2) is 5.68. The van der Waals surface area contributed by atoms with Gasteiger partial charge in [0.1, 0.15) is 11.6 Å². The molecule has 2 aromatic carbocycles. The maximum Gasteiger partial charge on any atom is 0.199 e. The smallest absolute Gasteiger partial charge is 0.199 e. The van der Waals surface area contributed by atoms with Crippen molar-refractivity contribution in [3.63, 3.8) is 0 Å². The molecule has 21 heavy (non-hydrogen) atoms. The predicted octanol–water partition coefficient (Wildman–Crippen LogP) is 4.36. The largest absolute Gasteiger partial charge is 0.496 e. The summed E-state index contributed by atoms with van der Waals surface area (Å²) in [4.78, 5) is 12.6. The van der Waals surface area contributed by atoms with E-state index < -0.39 is 5.82 Å². The molecule has 0 saturated carbocycles. The summed E-state index contributed by atoms with van der Waals surface area (Å²) in [5.41, 5.74) is 1.34. The first kappa shape index (κ1) is 15.2. The molecule has 0 saturated heterocycles. The Hall–Kier alpha value is -2.16. The molecule has 0 radical (unpaired) electrons. The standard InChI is InChI=1S/C18H19FO2/c1-18(2,3)12-9-10-16(21-4)14(11-12)17(20)13-7-5-6-8-15(13)19/h5-11H,1-4H3. The Morgan fingerprint density at radius 3 is 2.29 bits per heavy atom. The van der Waals surface area contributed by atoms with Gasteiger partial charge in [-0.1, -0.05) is 39.0 Å². The van der Waals surface area contributed by atoms with E-state index in [1.165, 1.54) is 19.2 Å². The van der Waals surface area contributed by atoms with Crippen LogP contribution < -0.4 is 4.74 Å². The molecular weight excluding hydrogens is 267 g/mol. The quantitative estimate of drug-likeness (QED) is 0.783. The predicted molar refractivity (Wildman–Crippen MR) is 81.5 cm³/mol. The molecule has 0 heterocycles. The fourth-order valence-corrected chi connectivity index (χ4v) is 2.14. The average molecular weight is 286 g/mol. The molecule has 0 aromatic heterocycles. The molecule has 0 aliphatic carbocycles. The van der Waals surface area contributed by atoms with Gasteiger partial charge in [-0.2, -0.15) is 0 Å². The van der Waals surface area contributed by atoms with E-state index in [-0.39, 0.29) is 16.8 Å². The first-order valence-corrected chi connectivity index (χ1v) is 6.82. The van der Waals surface area contributed by atoms with Gasteiger partial charge in [0.15, 0.2) is 5.78 Å². The molecule has 0 unspecified atom stereocenters. The molecule has 0 amide bonds. The first-order valence-electron chi connectivity index (χ1n) is 6.82. The third-order valence-corrected chi connectivity index (χ3v) is 3.43. The third-order valence-electron chi connectivity index (χ3n) is 3.43. The van der Waals surface area contributed by atoms with Crippen molar-refractivity contribution in [3.05, 3.63) is 65.0 Å². The molecule has 2 rings (SSSR count). The Morgan fingerprint density at radius 1 is 1.05 bits per heavy atom. The van der Waals surface area contributed by atoms with Gasteiger partial charge in [-0.3, -0.25) is 4.79 Å². The van der Waals surface area contributed by atoms with Gasteiger partial charge in [0.25, 0.3) is 0 Å². The van der Waals surface area contributed by atoms with E-state index in [9.17, 15) is 9.18 Å². The fraction of sp³-hybridized carbons (Fsp3) is 0.278. The van der Waals surface area contributed by atoms with Crippen molar-refractivity contribution in [3.8, 4) is 5.75 Å². The van der Waals surface area contributed by atoms with E-state index >= 15 is 0 Å². The molecule has 0 N–H and O–H groups in total. The number of carbonyl (C=O) groups is 1. The zero-order chi connectivity index (χ0) is 15.6. The van der Waals surface area contributed by atoms with Crippen LogP contribution >= 0.6 is 0 Å². The number of rotatable bonds is 3. The minimum absolute atomic E-state index is 0.0573. The van der Waals surface area contributed by atoms with Gasteiger partial charge >= 0.3 is 0 Å². The number of halogens is 1. The zero-order valence-electron chi connectivity index (χ0n) is 12.7. The second-order valence-electron chi connectivity index (χ2n) is 5.97. The summed E-state index contributed by atoms with van der Waals surface area (Å²) in [6.45, 7) is 6.19. The van der Waals surface area contributed by atoms with Crippen LogP contribution in [0.15, 0.2) is 42.5 Å². The molecule has 110 valence electrons. The van der Waals surface area contributed by atoms with Crippen LogP contribution in [0, 0.1) is 5.82 Å². The first-order chi connectivity index (χ1) is 9.84. The van der Waals surface area contributed by atoms with Gasteiger partial charge in [-0.15, -0.1) is 0 Å². The molecule has 0 aliphatic heterocycles. The highest BCUT2D eigenvalue weighted by Crippen LogP contribution is 2.29. The summed E-state index contributed by atoms with van der Waals surface area (Å²) in [7, 11) is 1.50. The van der Waals surface area contributed by atoms with Crippen molar-refractivity contribution >= 4 is 5.78 Å². The minimum atomic E-state index is -0.522. The Labute approximate surface area is 124 Å². The molecular formula is C18H19FO2. The van der Waals surface area contributed by atoms with Crippen LogP contribution in [-0.2, 0) is 5.41 Å². The second-order valence-corrected chi connectivity index (χ2v) is 5.97. The lowest BCUT2D eigenvalue weighted by Gasteiger charge is -2.20. The number of carbonyl (C=O) groups excluding carboxylic acids is 1. The lowest BCUT2D eigenvalue weighted by atomic mass is 9.85. The number of hydrogen-bond acceptors (Lipinski definition) is 2. The fourth-order valence-electron chi connectivity index (χ4n) is 2.14. The van der Waals surface area contributed by atoms with E-state index in [2.05, 4.69) is 20.8 Å². The molecule has 2 aromatic rings. The number of hydrogen-bond donors (Lipinski definition) is 0. The third kappa shape index (κ3) is 3.13. The van der Waals surface area contributed by atoms with E-state index in [4.69, 9.17) is 4.74 Å². The maximum atomic E-state index is 13.8. The summed E-state index contributed by atoms with van der Waals surface area (Å²) in [5, 5.41) is 0. The zero-order valence-corrected chi connectivity index (χ0v) is 12.7. The van der Waals surface area contributed by atoms with Crippen LogP contribution in [0.2, 0.25) is 0 Å². The molecule has 0 atom stereocenters. The molecule has 0 fully saturated rings. The molecule has 3 heteroatoms. The van der Waals surface area contributed by atoms with Crippen molar-refractivity contribution in [2.24, 2.45) is 0 Å². The van der Waals surface area contributed by atoms with Gasteiger partial charge in [-0.25, -0.2) is 4.39 Å². The van der Waals surface area contributed by atoms with Crippen LogP contribution in [0.5, 0.6) is 5.75 Å². The van der Waals surface area contributed by atoms with E-state index in [0.717, 1.165) is 5.56 Å². The maximum absolute atomic E-state index is 13.8. The Bertz CT molecular complexity index is 669. The number of methoxy groups -OCH3 is 1. The van der Waals surface area contributed by atoms with Gasteiger partial charge in [0.2, 0.25) is 0 Å². The topological polar surface area (TPSA) is 26.3 Å². The van der Waals surface area contributed by atoms with Crippen molar-refractivity contribution in [2.75, 3.05) is 7.11 Å². The van der Waals surface area contributed by atoms with Crippen LogP contribution in [0.3, 0.4) is 0 Å². The molecule has 0 aliphatic rings. The molecule has 2 nitrogen and oxygen atoms in total. The number of benzene rings is 2. The highest BCUT2D eigenvalue weighted by molar-refractivity contribution is 6.11. The van der Waals surface area contributed by atoms with Crippen LogP contribution in [0.1, 0.15) is 42.3 Å². The normalized spacial score (nSPS) is 11.3. The number of ether oxygens (including phenoxy) is 1. The van der Waals surface area contributed by atoms with Crippen LogP contribution in [0.25, 0.3) is 0 Å². The highest BCUT2D eigenvalue weighted by atomic mass is 19.1. The summed E-state index contributed by atoms with van der Waals surface area (Å²) in [6, 6.07) is 11.5. The summed E-state index contributed by atoms with van der Waals surface area (Å²) in [5.74, 6) is -0.432. The summed E-state index contributed by atoms with van der Waals surface area (Å²) >= 11 is 0. The highest BCUT2D eigenvalue weighted by Gasteiger charge is 2.21. The van der Waals surface area contributed by atoms with E-state index in [1.807, 2.05) is 6.07 Å². The van der Waals surface area contributed by atoms with E-state index in [0.29, 0.717) is 11.3 Å². The van der Waals surface area contributed by atoms with Gasteiger partial charge in [0.05, 0.1) is 18.2 Å². The Balaban J connectivity index is 2.56. The molecule has 0 spiro atoms. The van der Waals surface area contributed by atoms with Gasteiger partial charge < -0.3 is 4.74 Å². The van der Waals surface area contributed by atoms with Crippen molar-refractivity contribution in [1.82, 2.24) is 0 Å².